The van der Waals surface area contributed by atoms with Crippen molar-refractivity contribution in [3.05, 3.63) is 77.9 Å². The molecule has 0 aromatic heterocycles. The lowest BCUT2D eigenvalue weighted by Gasteiger charge is -2.22. The van der Waals surface area contributed by atoms with Crippen LogP contribution in [0.5, 0.6) is 5.75 Å². The Morgan fingerprint density at radius 2 is 1.69 bits per heavy atom. The summed E-state index contributed by atoms with van der Waals surface area (Å²) in [6.45, 7) is 0. The Morgan fingerprint density at radius 1 is 0.962 bits per heavy atom. The van der Waals surface area contributed by atoms with Gasteiger partial charge in [-0.15, -0.1) is 0 Å². The van der Waals surface area contributed by atoms with Crippen LogP contribution in [-0.2, 0) is 11.2 Å². The van der Waals surface area contributed by atoms with Crippen molar-refractivity contribution < 1.29 is 14.3 Å². The van der Waals surface area contributed by atoms with Crippen LogP contribution in [0.1, 0.15) is 23.6 Å². The molecule has 3 aromatic rings. The van der Waals surface area contributed by atoms with Crippen LogP contribution in [0.3, 0.4) is 0 Å². The second kappa shape index (κ2) is 8.39. The summed E-state index contributed by atoms with van der Waals surface area (Å²) >= 11 is 0. The second-order valence-electron chi connectivity index (χ2n) is 6.12. The third-order valence-electron chi connectivity index (χ3n) is 4.53. The van der Waals surface area contributed by atoms with Gasteiger partial charge in [0.05, 0.1) is 20.3 Å². The molecule has 0 aliphatic rings. The molecule has 0 aliphatic heterocycles. The Bertz CT molecular complexity index is 877. The summed E-state index contributed by atoms with van der Waals surface area (Å²) in [4.78, 5) is 11.9. The lowest BCUT2D eigenvalue weighted by Crippen LogP contribution is -2.29. The van der Waals surface area contributed by atoms with Crippen molar-refractivity contribution in [1.82, 2.24) is 5.32 Å². The molecule has 3 aromatic carbocycles. The molecule has 0 radical (unpaired) electrons. The zero-order valence-corrected chi connectivity index (χ0v) is 15.1. The number of alkyl carbamates (subject to hydrolysis) is 1. The predicted octanol–water partition coefficient (Wildman–Crippen LogP) is 4.88. The first-order valence-corrected chi connectivity index (χ1v) is 8.67. The van der Waals surface area contributed by atoms with Gasteiger partial charge < -0.3 is 14.8 Å². The SMILES string of the molecule is COC(=O)NC(CCc1ccccc1)c1ccc2ccccc2c1OC. The molecule has 0 saturated carbocycles. The van der Waals surface area contributed by atoms with Gasteiger partial charge >= 0.3 is 6.09 Å². The molecule has 0 fully saturated rings. The number of fused-ring (bicyclic) bond motifs is 1. The van der Waals surface area contributed by atoms with Gasteiger partial charge in [-0.1, -0.05) is 66.7 Å². The Morgan fingerprint density at radius 3 is 2.42 bits per heavy atom. The van der Waals surface area contributed by atoms with E-state index in [2.05, 4.69) is 23.5 Å². The summed E-state index contributed by atoms with van der Waals surface area (Å²) in [7, 11) is 3.04. The van der Waals surface area contributed by atoms with E-state index < -0.39 is 6.09 Å². The highest BCUT2D eigenvalue weighted by Gasteiger charge is 2.20. The molecule has 1 N–H and O–H groups in total. The largest absolute Gasteiger partial charge is 0.496 e. The lowest BCUT2D eigenvalue weighted by atomic mass is 9.95. The highest BCUT2D eigenvalue weighted by atomic mass is 16.5. The average Bonchev–Trinajstić information content (AvgIpc) is 2.70. The third kappa shape index (κ3) is 3.97. The van der Waals surface area contributed by atoms with E-state index in [4.69, 9.17) is 9.47 Å². The summed E-state index contributed by atoms with van der Waals surface area (Å²) in [5.41, 5.74) is 2.18. The van der Waals surface area contributed by atoms with Crippen LogP contribution < -0.4 is 10.1 Å². The summed E-state index contributed by atoms with van der Waals surface area (Å²) in [5, 5.41) is 5.09. The summed E-state index contributed by atoms with van der Waals surface area (Å²) in [5.74, 6) is 0.789. The molecular weight excluding hydrogens is 326 g/mol. The second-order valence-corrected chi connectivity index (χ2v) is 6.12. The van der Waals surface area contributed by atoms with Crippen molar-refractivity contribution in [2.45, 2.75) is 18.9 Å². The fourth-order valence-electron chi connectivity index (χ4n) is 3.22. The molecule has 1 atom stereocenters. The molecule has 4 heteroatoms. The molecule has 0 spiro atoms. The highest BCUT2D eigenvalue weighted by Crippen LogP contribution is 2.35. The predicted molar refractivity (Wildman–Crippen MR) is 104 cm³/mol. The maximum Gasteiger partial charge on any atom is 0.407 e. The van der Waals surface area contributed by atoms with Gasteiger partial charge in [0.15, 0.2) is 0 Å². The van der Waals surface area contributed by atoms with Gasteiger partial charge in [0.1, 0.15) is 5.75 Å². The van der Waals surface area contributed by atoms with E-state index in [1.54, 1.807) is 7.11 Å². The van der Waals surface area contributed by atoms with E-state index >= 15 is 0 Å². The molecule has 26 heavy (non-hydrogen) atoms. The van der Waals surface area contributed by atoms with Gasteiger partial charge in [0.25, 0.3) is 0 Å². The van der Waals surface area contributed by atoms with E-state index in [9.17, 15) is 4.79 Å². The Kier molecular flexibility index (Phi) is 5.74. The zero-order chi connectivity index (χ0) is 18.4. The molecule has 1 unspecified atom stereocenters. The zero-order valence-electron chi connectivity index (χ0n) is 15.1. The van der Waals surface area contributed by atoms with Crippen LogP contribution >= 0.6 is 0 Å². The smallest absolute Gasteiger partial charge is 0.407 e. The van der Waals surface area contributed by atoms with Gasteiger partial charge in [0.2, 0.25) is 0 Å². The van der Waals surface area contributed by atoms with E-state index in [0.717, 1.165) is 34.9 Å². The van der Waals surface area contributed by atoms with Gasteiger partial charge in [-0.3, -0.25) is 0 Å². The number of nitrogens with one attached hydrogen (secondary N) is 1. The lowest BCUT2D eigenvalue weighted by molar-refractivity contribution is 0.165. The van der Waals surface area contributed by atoms with Crippen molar-refractivity contribution in [3.8, 4) is 5.75 Å². The first-order valence-electron chi connectivity index (χ1n) is 8.67. The third-order valence-corrected chi connectivity index (χ3v) is 4.53. The van der Waals surface area contributed by atoms with Crippen molar-refractivity contribution in [1.29, 1.82) is 0 Å². The monoisotopic (exact) mass is 349 g/mol. The van der Waals surface area contributed by atoms with Gasteiger partial charge in [-0.2, -0.15) is 0 Å². The Hall–Kier alpha value is -3.01. The van der Waals surface area contributed by atoms with Crippen LogP contribution in [0.4, 0.5) is 4.79 Å². The van der Waals surface area contributed by atoms with Crippen LogP contribution in [0, 0.1) is 0 Å². The molecule has 0 saturated heterocycles. The number of ether oxygens (including phenoxy) is 2. The summed E-state index contributed by atoms with van der Waals surface area (Å²) in [6.07, 6.45) is 1.14. The molecule has 4 nitrogen and oxygen atoms in total. The topological polar surface area (TPSA) is 47.6 Å². The molecular formula is C22H23NO3. The first kappa shape index (κ1) is 17.8. The number of carbonyl (C=O) groups is 1. The van der Waals surface area contributed by atoms with E-state index in [0.29, 0.717) is 0 Å². The maximum atomic E-state index is 11.9. The van der Waals surface area contributed by atoms with Crippen molar-refractivity contribution in [2.24, 2.45) is 0 Å². The van der Waals surface area contributed by atoms with Crippen LogP contribution in [-0.4, -0.2) is 20.3 Å². The molecule has 1 amide bonds. The minimum Gasteiger partial charge on any atom is -0.496 e. The molecule has 0 heterocycles. The number of carbonyl (C=O) groups excluding carboxylic acids is 1. The van der Waals surface area contributed by atoms with Crippen molar-refractivity contribution in [2.75, 3.05) is 14.2 Å². The van der Waals surface area contributed by atoms with Crippen LogP contribution in [0.15, 0.2) is 66.7 Å². The van der Waals surface area contributed by atoms with Crippen LogP contribution in [0.2, 0.25) is 0 Å². The number of benzene rings is 3. The van der Waals surface area contributed by atoms with E-state index in [-0.39, 0.29) is 6.04 Å². The minimum atomic E-state index is -0.446. The van der Waals surface area contributed by atoms with Gasteiger partial charge in [0, 0.05) is 10.9 Å². The Labute approximate surface area is 153 Å². The summed E-state index contributed by atoms with van der Waals surface area (Å²) < 4.78 is 10.5. The fourth-order valence-corrected chi connectivity index (χ4v) is 3.22. The number of rotatable bonds is 6. The number of aryl methyl sites for hydroxylation is 1. The number of hydrogen-bond acceptors (Lipinski definition) is 3. The molecule has 134 valence electrons. The van der Waals surface area contributed by atoms with Gasteiger partial charge in [-0.05, 0) is 23.8 Å². The average molecular weight is 349 g/mol. The van der Waals surface area contributed by atoms with Crippen molar-refractivity contribution in [3.63, 3.8) is 0 Å². The number of amides is 1. The van der Waals surface area contributed by atoms with E-state index in [1.807, 2.05) is 48.5 Å². The maximum absolute atomic E-state index is 11.9. The quantitative estimate of drug-likeness (QED) is 0.690. The Balaban J connectivity index is 1.95. The van der Waals surface area contributed by atoms with E-state index in [1.165, 1.54) is 12.7 Å². The van der Waals surface area contributed by atoms with Gasteiger partial charge in [-0.25, -0.2) is 4.79 Å². The molecule has 3 rings (SSSR count). The highest BCUT2D eigenvalue weighted by molar-refractivity contribution is 5.90. The summed E-state index contributed by atoms with van der Waals surface area (Å²) in [6, 6.07) is 22.2. The standard InChI is InChI=1S/C22H23NO3/c1-25-21-18-11-7-6-10-17(18)13-14-19(21)20(23-22(24)26-2)15-12-16-8-4-3-5-9-16/h3-11,13-14,20H,12,15H2,1-2H3,(H,23,24). The first-order chi connectivity index (χ1) is 12.7. The van der Waals surface area contributed by atoms with Crippen LogP contribution in [0.25, 0.3) is 10.8 Å². The number of methoxy groups -OCH3 is 2. The fraction of sp³-hybridized carbons (Fsp3) is 0.227. The number of hydrogen-bond donors (Lipinski definition) is 1. The minimum absolute atomic E-state index is 0.206. The molecule has 0 bridgehead atoms. The normalized spacial score (nSPS) is 11.8. The molecule has 0 aliphatic carbocycles. The van der Waals surface area contributed by atoms with Crippen molar-refractivity contribution >= 4 is 16.9 Å².